The fourth-order valence-electron chi connectivity index (χ4n) is 3.66. The van der Waals surface area contributed by atoms with Crippen molar-refractivity contribution in [2.75, 3.05) is 29.2 Å². The van der Waals surface area contributed by atoms with E-state index < -0.39 is 0 Å². The molecule has 2 aliphatic heterocycles. The van der Waals surface area contributed by atoms with E-state index >= 15 is 0 Å². The minimum atomic E-state index is -0.220. The van der Waals surface area contributed by atoms with E-state index in [1.807, 2.05) is 36.4 Å². The number of aliphatic imine (C=N–C) groups is 1. The summed E-state index contributed by atoms with van der Waals surface area (Å²) in [4.78, 5) is 16.2. The van der Waals surface area contributed by atoms with Crippen molar-refractivity contribution in [2.45, 2.75) is 31.8 Å². The maximum Gasteiger partial charge on any atom is 0.221 e. The maximum atomic E-state index is 11.3. The van der Waals surface area contributed by atoms with Gasteiger partial charge in [0, 0.05) is 38.7 Å². The number of ether oxygens (including phenoxy) is 1. The van der Waals surface area contributed by atoms with Crippen molar-refractivity contribution in [2.24, 2.45) is 4.99 Å². The first-order chi connectivity index (χ1) is 13.1. The molecule has 1 saturated heterocycles. The van der Waals surface area contributed by atoms with Gasteiger partial charge in [0.2, 0.25) is 5.91 Å². The second-order valence-corrected chi connectivity index (χ2v) is 7.04. The summed E-state index contributed by atoms with van der Waals surface area (Å²) >= 11 is 0. The molecule has 0 saturated carbocycles. The van der Waals surface area contributed by atoms with Crippen molar-refractivity contribution in [3.8, 4) is 0 Å². The molecule has 0 radical (unpaired) electrons. The van der Waals surface area contributed by atoms with Crippen LogP contribution in [0.5, 0.6) is 0 Å². The molecule has 1 fully saturated rings. The molecule has 6 heteroatoms. The number of amidine groups is 1. The largest absolute Gasteiger partial charge is 0.381 e. The fraction of sp³-hybridized carbons (Fsp3) is 0.333. The summed E-state index contributed by atoms with van der Waals surface area (Å²) in [5.74, 6) is 0.879. The highest BCUT2D eigenvalue weighted by molar-refractivity contribution is 6.09. The number of nitrogens with one attached hydrogen (secondary N) is 3. The van der Waals surface area contributed by atoms with Gasteiger partial charge in [-0.25, -0.2) is 0 Å². The van der Waals surface area contributed by atoms with E-state index in [1.54, 1.807) is 0 Å². The van der Waals surface area contributed by atoms with Gasteiger partial charge in [0.15, 0.2) is 0 Å². The summed E-state index contributed by atoms with van der Waals surface area (Å²) in [5.41, 5.74) is 3.77. The van der Waals surface area contributed by atoms with Gasteiger partial charge in [-0.15, -0.1) is 0 Å². The second kappa shape index (κ2) is 7.40. The average molecular weight is 364 g/mol. The van der Waals surface area contributed by atoms with Gasteiger partial charge in [-0.1, -0.05) is 24.3 Å². The Bertz CT molecular complexity index is 872. The third-order valence-corrected chi connectivity index (χ3v) is 5.02. The smallest absolute Gasteiger partial charge is 0.221 e. The zero-order valence-electron chi connectivity index (χ0n) is 15.4. The van der Waals surface area contributed by atoms with Crippen molar-refractivity contribution in [3.63, 3.8) is 0 Å². The molecule has 3 N–H and O–H groups in total. The van der Waals surface area contributed by atoms with Crippen LogP contribution in [-0.2, 0) is 16.1 Å². The lowest BCUT2D eigenvalue weighted by Crippen LogP contribution is -2.55. The summed E-state index contributed by atoms with van der Waals surface area (Å²) in [5, 5.41) is 10.1. The normalized spacial score (nSPS) is 19.1. The van der Waals surface area contributed by atoms with Gasteiger partial charge in [-0.3, -0.25) is 9.79 Å². The highest BCUT2D eigenvalue weighted by Crippen LogP contribution is 2.36. The number of carbonyl (C=O) groups is 1. The molecule has 2 aliphatic rings. The van der Waals surface area contributed by atoms with Gasteiger partial charge in [0.1, 0.15) is 5.84 Å². The predicted molar refractivity (Wildman–Crippen MR) is 108 cm³/mol. The zero-order chi connectivity index (χ0) is 18.7. The van der Waals surface area contributed by atoms with Crippen LogP contribution in [0.15, 0.2) is 53.5 Å². The lowest BCUT2D eigenvalue weighted by molar-refractivity contribution is -0.114. The van der Waals surface area contributed by atoms with Gasteiger partial charge in [-0.05, 0) is 29.8 Å². The van der Waals surface area contributed by atoms with E-state index in [9.17, 15) is 4.79 Å². The summed E-state index contributed by atoms with van der Waals surface area (Å²) in [7, 11) is 0. The van der Waals surface area contributed by atoms with Crippen molar-refractivity contribution < 1.29 is 9.53 Å². The van der Waals surface area contributed by atoms with Crippen LogP contribution in [0, 0.1) is 0 Å². The van der Waals surface area contributed by atoms with Crippen LogP contribution in [0.2, 0.25) is 0 Å². The monoisotopic (exact) mass is 364 g/mol. The Labute approximate surface area is 159 Å². The van der Waals surface area contributed by atoms with Crippen LogP contribution in [0.1, 0.15) is 25.3 Å². The van der Waals surface area contributed by atoms with Crippen LogP contribution in [0.25, 0.3) is 0 Å². The van der Waals surface area contributed by atoms with E-state index in [1.165, 1.54) is 6.92 Å². The number of amides is 1. The Morgan fingerprint density at radius 3 is 2.70 bits per heavy atom. The molecule has 0 aliphatic carbocycles. The number of rotatable bonds is 3. The van der Waals surface area contributed by atoms with Crippen LogP contribution in [0.4, 0.5) is 17.1 Å². The number of nitrogens with zero attached hydrogens (tertiary/aromatic N) is 1. The van der Waals surface area contributed by atoms with Crippen LogP contribution >= 0.6 is 0 Å². The number of hydrogen-bond donors (Lipinski definition) is 3. The lowest BCUT2D eigenvalue weighted by Gasteiger charge is -2.43. The van der Waals surface area contributed by atoms with Crippen molar-refractivity contribution in [1.29, 1.82) is 0 Å². The average Bonchev–Trinajstić information content (AvgIpc) is 2.67. The van der Waals surface area contributed by atoms with Crippen molar-refractivity contribution in [1.82, 2.24) is 0 Å². The SMILES string of the molecule is CC(=O)Nc1cccc(CN=C2Nc3ccccc3NC23CCOCC3)c1. The van der Waals surface area contributed by atoms with Gasteiger partial charge in [-0.2, -0.15) is 0 Å². The first-order valence-electron chi connectivity index (χ1n) is 9.28. The van der Waals surface area contributed by atoms with Crippen LogP contribution in [0.3, 0.4) is 0 Å². The summed E-state index contributed by atoms with van der Waals surface area (Å²) in [6, 6.07) is 16.0. The first-order valence-corrected chi connectivity index (χ1v) is 9.28. The molecule has 6 nitrogen and oxygen atoms in total. The Kier molecular flexibility index (Phi) is 4.81. The third kappa shape index (κ3) is 3.80. The molecule has 2 heterocycles. The van der Waals surface area contributed by atoms with Gasteiger partial charge in [0.25, 0.3) is 0 Å². The van der Waals surface area contributed by atoms with E-state index in [2.05, 4.69) is 28.1 Å². The van der Waals surface area contributed by atoms with Crippen molar-refractivity contribution in [3.05, 3.63) is 54.1 Å². The molecule has 1 amide bonds. The van der Waals surface area contributed by atoms with E-state index in [0.717, 1.165) is 41.3 Å². The quantitative estimate of drug-likeness (QED) is 0.777. The molecule has 1 spiro atoms. The van der Waals surface area contributed by atoms with E-state index in [4.69, 9.17) is 9.73 Å². The molecule has 0 aromatic heterocycles. The predicted octanol–water partition coefficient (Wildman–Crippen LogP) is 3.63. The standard InChI is InChI=1S/C21H24N4O2/c1-15(26)23-17-6-4-5-16(13-17)14-22-20-21(9-11-27-12-10-21)25-19-8-3-2-7-18(19)24-20/h2-8,13,25H,9-12,14H2,1H3,(H,22,24)(H,23,26). The third-order valence-electron chi connectivity index (χ3n) is 5.02. The fourth-order valence-corrected chi connectivity index (χ4v) is 3.66. The number of carbonyl (C=O) groups excluding carboxylic acids is 1. The van der Waals surface area contributed by atoms with Gasteiger partial charge >= 0.3 is 0 Å². The molecule has 0 unspecified atom stereocenters. The molecule has 0 bridgehead atoms. The molecule has 4 rings (SSSR count). The summed E-state index contributed by atoms with van der Waals surface area (Å²) in [6.07, 6.45) is 1.75. The number of anilines is 3. The molecule has 27 heavy (non-hydrogen) atoms. The lowest BCUT2D eigenvalue weighted by atomic mass is 9.86. The van der Waals surface area contributed by atoms with E-state index in [-0.39, 0.29) is 11.4 Å². The molecule has 0 atom stereocenters. The highest BCUT2D eigenvalue weighted by Gasteiger charge is 2.41. The maximum absolute atomic E-state index is 11.3. The number of fused-ring (bicyclic) bond motifs is 1. The number of benzene rings is 2. The zero-order valence-corrected chi connectivity index (χ0v) is 15.4. The summed E-state index contributed by atoms with van der Waals surface area (Å²) in [6.45, 7) is 3.49. The second-order valence-electron chi connectivity index (χ2n) is 7.04. The van der Waals surface area contributed by atoms with E-state index in [0.29, 0.717) is 19.8 Å². The Morgan fingerprint density at radius 1 is 1.15 bits per heavy atom. The van der Waals surface area contributed by atoms with Crippen molar-refractivity contribution >= 4 is 28.8 Å². The molecule has 2 aromatic carbocycles. The minimum Gasteiger partial charge on any atom is -0.381 e. The van der Waals surface area contributed by atoms with Gasteiger partial charge < -0.3 is 20.7 Å². The number of para-hydroxylation sites is 2. The number of hydrogen-bond acceptors (Lipinski definition) is 4. The molecule has 140 valence electrons. The summed E-state index contributed by atoms with van der Waals surface area (Å²) < 4.78 is 5.59. The molecular formula is C21H24N4O2. The Hall–Kier alpha value is -2.86. The molecular weight excluding hydrogens is 340 g/mol. The Morgan fingerprint density at radius 2 is 1.93 bits per heavy atom. The highest BCUT2D eigenvalue weighted by atomic mass is 16.5. The Balaban J connectivity index is 1.61. The topological polar surface area (TPSA) is 74.8 Å². The minimum absolute atomic E-state index is 0.0747. The van der Waals surface area contributed by atoms with Gasteiger partial charge in [0.05, 0.1) is 23.5 Å². The molecule has 2 aromatic rings. The first kappa shape index (κ1) is 17.5. The van der Waals surface area contributed by atoms with Crippen LogP contribution in [-0.4, -0.2) is 30.5 Å². The van der Waals surface area contributed by atoms with Crippen LogP contribution < -0.4 is 16.0 Å².